The molecule has 2 rings (SSSR count). The smallest absolute Gasteiger partial charge is 0.224 e. The Morgan fingerprint density at radius 1 is 1.52 bits per heavy atom. The van der Waals surface area contributed by atoms with Gasteiger partial charge in [-0.15, -0.1) is 12.4 Å². The van der Waals surface area contributed by atoms with Crippen molar-refractivity contribution in [2.24, 2.45) is 11.7 Å². The van der Waals surface area contributed by atoms with E-state index in [2.05, 4.69) is 40.3 Å². The number of carbonyl (C=O) groups is 1. The number of rotatable bonds is 7. The number of nitrogens with one attached hydrogen (secondary N) is 1. The van der Waals surface area contributed by atoms with Gasteiger partial charge in [-0.3, -0.25) is 4.79 Å². The second-order valence-corrected chi connectivity index (χ2v) is 6.50. The summed E-state index contributed by atoms with van der Waals surface area (Å²) in [6.45, 7) is 2.68. The molecule has 3 unspecified atom stereocenters. The van der Waals surface area contributed by atoms with E-state index in [0.717, 1.165) is 30.2 Å². The molecule has 1 fully saturated rings. The number of nitrogens with two attached hydrogens (primary N) is 1. The maximum Gasteiger partial charge on any atom is 0.224 e. The molecule has 0 spiro atoms. The number of unbranched alkanes of at least 4 members (excludes halogenated alkanes) is 1. The van der Waals surface area contributed by atoms with Crippen LogP contribution >= 0.6 is 28.3 Å². The number of hydrogen-bond donors (Lipinski definition) is 2. The van der Waals surface area contributed by atoms with Crippen molar-refractivity contribution in [3.63, 3.8) is 0 Å². The Morgan fingerprint density at radius 3 is 2.90 bits per heavy atom. The van der Waals surface area contributed by atoms with E-state index < -0.39 is 0 Å². The topological polar surface area (TPSA) is 55.1 Å². The fourth-order valence-electron chi connectivity index (χ4n) is 2.60. The van der Waals surface area contributed by atoms with Crippen LogP contribution in [-0.4, -0.2) is 18.5 Å². The van der Waals surface area contributed by atoms with Crippen LogP contribution in [-0.2, 0) is 4.79 Å². The molecule has 0 heterocycles. The molecule has 1 aliphatic rings. The fourth-order valence-corrected chi connectivity index (χ4v) is 3.02. The molecular formula is C16H24BrClN2O. The third-order valence-electron chi connectivity index (χ3n) is 3.94. The Bertz CT molecular complexity index is 469. The van der Waals surface area contributed by atoms with Crippen LogP contribution in [0.2, 0.25) is 0 Å². The highest BCUT2D eigenvalue weighted by atomic mass is 79.9. The molecule has 1 amide bonds. The summed E-state index contributed by atoms with van der Waals surface area (Å²) in [6.07, 6.45) is 4.18. The molecule has 0 aliphatic heterocycles. The van der Waals surface area contributed by atoms with Crippen LogP contribution in [0, 0.1) is 5.92 Å². The fraction of sp³-hybridized carbons (Fsp3) is 0.562. The summed E-state index contributed by atoms with van der Waals surface area (Å²) in [5.74, 6) is 0.665. The monoisotopic (exact) mass is 374 g/mol. The van der Waals surface area contributed by atoms with Gasteiger partial charge in [0.15, 0.2) is 0 Å². The average molecular weight is 376 g/mol. The van der Waals surface area contributed by atoms with E-state index in [1.165, 1.54) is 5.56 Å². The summed E-state index contributed by atoms with van der Waals surface area (Å²) in [5.41, 5.74) is 6.97. The zero-order valence-corrected chi connectivity index (χ0v) is 14.8. The van der Waals surface area contributed by atoms with Gasteiger partial charge in [0, 0.05) is 23.0 Å². The Kier molecular flexibility index (Phi) is 7.71. The minimum atomic E-state index is 0. The van der Waals surface area contributed by atoms with Crippen molar-refractivity contribution >= 4 is 34.2 Å². The molecule has 0 radical (unpaired) electrons. The summed E-state index contributed by atoms with van der Waals surface area (Å²) >= 11 is 3.48. The highest BCUT2D eigenvalue weighted by Crippen LogP contribution is 2.48. The van der Waals surface area contributed by atoms with Crippen LogP contribution in [0.25, 0.3) is 0 Å². The first-order valence-corrected chi connectivity index (χ1v) is 8.21. The Labute approximate surface area is 141 Å². The first-order valence-electron chi connectivity index (χ1n) is 7.41. The molecule has 0 saturated heterocycles. The van der Waals surface area contributed by atoms with Gasteiger partial charge in [-0.25, -0.2) is 0 Å². The quantitative estimate of drug-likeness (QED) is 0.765. The largest absolute Gasteiger partial charge is 0.352 e. The molecule has 0 aromatic heterocycles. The predicted octanol–water partition coefficient (Wildman–Crippen LogP) is 3.61. The lowest BCUT2D eigenvalue weighted by atomic mass is 10.1. The van der Waals surface area contributed by atoms with Gasteiger partial charge in [0.25, 0.3) is 0 Å². The Morgan fingerprint density at radius 2 is 2.29 bits per heavy atom. The van der Waals surface area contributed by atoms with Crippen molar-refractivity contribution in [1.29, 1.82) is 0 Å². The molecule has 3 nitrogen and oxygen atoms in total. The normalized spacial score (nSPS) is 21.3. The first kappa shape index (κ1) is 18.5. The molecule has 1 aliphatic carbocycles. The van der Waals surface area contributed by atoms with Gasteiger partial charge < -0.3 is 11.1 Å². The lowest BCUT2D eigenvalue weighted by Crippen LogP contribution is -2.41. The van der Waals surface area contributed by atoms with Gasteiger partial charge in [0.05, 0.1) is 0 Å². The standard InChI is InChI=1S/C16H23BrN2O.ClH/c1-2-3-7-13(10-18)19-16(20)15-9-14(15)11-5-4-6-12(17)8-11;/h4-6,8,13-15H,2-3,7,9-10,18H2,1H3,(H,19,20);1H. The van der Waals surface area contributed by atoms with Crippen molar-refractivity contribution in [2.45, 2.75) is 44.6 Å². The van der Waals surface area contributed by atoms with Gasteiger partial charge in [-0.1, -0.05) is 47.8 Å². The summed E-state index contributed by atoms with van der Waals surface area (Å²) in [7, 11) is 0. The average Bonchev–Trinajstić information content (AvgIpc) is 3.23. The van der Waals surface area contributed by atoms with Crippen molar-refractivity contribution in [3.05, 3.63) is 34.3 Å². The lowest BCUT2D eigenvalue weighted by Gasteiger charge is -2.16. The van der Waals surface area contributed by atoms with Crippen LogP contribution in [0.3, 0.4) is 0 Å². The number of amides is 1. The third-order valence-corrected chi connectivity index (χ3v) is 4.43. The van der Waals surface area contributed by atoms with Gasteiger partial charge in [-0.2, -0.15) is 0 Å². The van der Waals surface area contributed by atoms with Crippen molar-refractivity contribution in [2.75, 3.05) is 6.54 Å². The highest BCUT2D eigenvalue weighted by Gasteiger charge is 2.44. The summed E-state index contributed by atoms with van der Waals surface area (Å²) in [4.78, 5) is 12.2. The van der Waals surface area contributed by atoms with Crippen molar-refractivity contribution in [1.82, 2.24) is 5.32 Å². The van der Waals surface area contributed by atoms with E-state index in [1.54, 1.807) is 0 Å². The zero-order valence-electron chi connectivity index (χ0n) is 12.3. The Balaban J connectivity index is 0.00000220. The van der Waals surface area contributed by atoms with E-state index >= 15 is 0 Å². The van der Waals surface area contributed by atoms with E-state index in [4.69, 9.17) is 5.73 Å². The molecule has 21 heavy (non-hydrogen) atoms. The molecule has 1 aromatic carbocycles. The van der Waals surface area contributed by atoms with E-state index in [0.29, 0.717) is 12.5 Å². The van der Waals surface area contributed by atoms with Crippen LogP contribution in [0.5, 0.6) is 0 Å². The molecule has 0 bridgehead atoms. The van der Waals surface area contributed by atoms with E-state index in [9.17, 15) is 4.79 Å². The van der Waals surface area contributed by atoms with Crippen LogP contribution in [0.1, 0.15) is 44.1 Å². The molecule has 5 heteroatoms. The first-order chi connectivity index (χ1) is 9.65. The maximum absolute atomic E-state index is 12.2. The van der Waals surface area contributed by atoms with Crippen molar-refractivity contribution < 1.29 is 4.79 Å². The number of hydrogen-bond acceptors (Lipinski definition) is 2. The van der Waals surface area contributed by atoms with Gasteiger partial charge in [-0.05, 0) is 36.5 Å². The molecule has 3 N–H and O–H groups in total. The Hall–Kier alpha value is -0.580. The van der Waals surface area contributed by atoms with Crippen molar-refractivity contribution in [3.8, 4) is 0 Å². The van der Waals surface area contributed by atoms with Crippen LogP contribution in [0.4, 0.5) is 0 Å². The second kappa shape index (κ2) is 8.76. The maximum atomic E-state index is 12.2. The second-order valence-electron chi connectivity index (χ2n) is 5.59. The number of benzene rings is 1. The molecule has 1 aromatic rings. The third kappa shape index (κ3) is 5.28. The van der Waals surface area contributed by atoms with Gasteiger partial charge in [0.1, 0.15) is 0 Å². The summed E-state index contributed by atoms with van der Waals surface area (Å²) in [5, 5.41) is 3.10. The van der Waals surface area contributed by atoms with Crippen LogP contribution < -0.4 is 11.1 Å². The summed E-state index contributed by atoms with van der Waals surface area (Å²) in [6, 6.07) is 8.37. The number of halogens is 2. The minimum Gasteiger partial charge on any atom is -0.352 e. The molecule has 1 saturated carbocycles. The minimum absolute atomic E-state index is 0. The van der Waals surface area contributed by atoms with E-state index in [1.807, 2.05) is 12.1 Å². The molecule has 118 valence electrons. The SMILES string of the molecule is CCCCC(CN)NC(=O)C1CC1c1cccc(Br)c1.Cl. The van der Waals surface area contributed by atoms with E-state index in [-0.39, 0.29) is 30.3 Å². The highest BCUT2D eigenvalue weighted by molar-refractivity contribution is 9.10. The number of carbonyl (C=O) groups excluding carboxylic acids is 1. The zero-order chi connectivity index (χ0) is 14.5. The summed E-state index contributed by atoms with van der Waals surface area (Å²) < 4.78 is 1.07. The molecular weight excluding hydrogens is 352 g/mol. The lowest BCUT2D eigenvalue weighted by molar-refractivity contribution is -0.123. The van der Waals surface area contributed by atoms with Gasteiger partial charge >= 0.3 is 0 Å². The van der Waals surface area contributed by atoms with Crippen LogP contribution in [0.15, 0.2) is 28.7 Å². The van der Waals surface area contributed by atoms with Gasteiger partial charge in [0.2, 0.25) is 5.91 Å². The molecule has 3 atom stereocenters. The predicted molar refractivity (Wildman–Crippen MR) is 92.7 cm³/mol.